The number of aromatic nitrogens is 4. The highest BCUT2D eigenvalue weighted by atomic mass is 19.1. The number of hydrogen-bond donors (Lipinski definition) is 1. The van der Waals surface area contributed by atoms with Crippen molar-refractivity contribution < 1.29 is 4.39 Å². The maximum absolute atomic E-state index is 15.3. The summed E-state index contributed by atoms with van der Waals surface area (Å²) >= 11 is 0. The Hall–Kier alpha value is -3.06. The van der Waals surface area contributed by atoms with Crippen molar-refractivity contribution in [2.75, 3.05) is 6.54 Å². The number of benzene rings is 1. The molecule has 2 aliphatic rings. The minimum Gasteiger partial charge on any atom is -0.312 e. The molecule has 158 valence electrons. The lowest BCUT2D eigenvalue weighted by atomic mass is 9.96. The predicted octanol–water partition coefficient (Wildman–Crippen LogP) is 3.85. The van der Waals surface area contributed by atoms with E-state index in [1.165, 1.54) is 6.07 Å². The van der Waals surface area contributed by atoms with E-state index in [0.717, 1.165) is 48.8 Å². The number of hydrogen-bond acceptors (Lipinski definition) is 4. The maximum atomic E-state index is 15.3. The smallest absolute Gasteiger partial charge is 0.261 e. The Morgan fingerprint density at radius 3 is 2.90 bits per heavy atom. The topological polar surface area (TPSA) is 64.7 Å². The summed E-state index contributed by atoms with van der Waals surface area (Å²) in [4.78, 5) is 17.9. The lowest BCUT2D eigenvalue weighted by Crippen LogP contribution is -2.42. The first kappa shape index (κ1) is 18.7. The first-order valence-corrected chi connectivity index (χ1v) is 10.8. The molecule has 4 heterocycles. The van der Waals surface area contributed by atoms with Crippen LogP contribution in [0.3, 0.4) is 0 Å². The lowest BCUT2D eigenvalue weighted by molar-refractivity contribution is 0.282. The van der Waals surface area contributed by atoms with Crippen LogP contribution in [0.25, 0.3) is 33.1 Å². The van der Waals surface area contributed by atoms with E-state index in [4.69, 9.17) is 0 Å². The summed E-state index contributed by atoms with van der Waals surface area (Å²) in [5.74, 6) is -0.493. The van der Waals surface area contributed by atoms with Gasteiger partial charge in [-0.25, -0.2) is 9.37 Å². The van der Waals surface area contributed by atoms with Gasteiger partial charge in [-0.15, -0.1) is 0 Å². The molecule has 0 amide bonds. The lowest BCUT2D eigenvalue weighted by Gasteiger charge is -2.31. The summed E-state index contributed by atoms with van der Waals surface area (Å²) in [6.07, 6.45) is 7.85. The van der Waals surface area contributed by atoms with Gasteiger partial charge in [-0.2, -0.15) is 5.10 Å². The Morgan fingerprint density at radius 1 is 1.26 bits per heavy atom. The molecular weight excluding hydrogens is 393 g/mol. The molecule has 1 aromatic carbocycles. The second-order valence-corrected chi connectivity index (χ2v) is 9.17. The molecule has 0 bridgehead atoms. The normalized spacial score (nSPS) is 20.0. The molecule has 7 heteroatoms. The Bertz CT molecular complexity index is 1420. The van der Waals surface area contributed by atoms with Crippen molar-refractivity contribution in [3.63, 3.8) is 0 Å². The van der Waals surface area contributed by atoms with Crippen LogP contribution >= 0.6 is 0 Å². The highest BCUT2D eigenvalue weighted by Crippen LogP contribution is 2.45. The van der Waals surface area contributed by atoms with Crippen molar-refractivity contribution in [3.05, 3.63) is 58.4 Å². The van der Waals surface area contributed by atoms with E-state index < -0.39 is 5.82 Å². The summed E-state index contributed by atoms with van der Waals surface area (Å²) in [6.45, 7) is 2.88. The molecule has 1 aliphatic heterocycles. The Morgan fingerprint density at radius 2 is 2.10 bits per heavy atom. The van der Waals surface area contributed by atoms with Gasteiger partial charge in [-0.1, -0.05) is 0 Å². The van der Waals surface area contributed by atoms with Gasteiger partial charge in [0.1, 0.15) is 16.9 Å². The third-order valence-corrected chi connectivity index (χ3v) is 6.91. The van der Waals surface area contributed by atoms with Gasteiger partial charge in [0.05, 0.1) is 17.3 Å². The summed E-state index contributed by atoms with van der Waals surface area (Å²) in [5.41, 5.74) is 3.90. The van der Waals surface area contributed by atoms with Crippen LogP contribution in [0.15, 0.2) is 41.5 Å². The molecule has 1 saturated carbocycles. The molecule has 1 spiro atoms. The fourth-order valence-corrected chi connectivity index (χ4v) is 5.10. The van der Waals surface area contributed by atoms with Crippen LogP contribution in [0.5, 0.6) is 0 Å². The summed E-state index contributed by atoms with van der Waals surface area (Å²) in [5, 5.41) is 8.78. The van der Waals surface area contributed by atoms with Gasteiger partial charge in [0.2, 0.25) is 0 Å². The number of nitrogens with zero attached hydrogens (tertiary/aromatic N) is 4. The number of fused-ring (bicyclic) bond motifs is 2. The van der Waals surface area contributed by atoms with Gasteiger partial charge in [-0.05, 0) is 74.4 Å². The molecule has 1 atom stereocenters. The molecule has 3 aromatic heterocycles. The zero-order valence-electron chi connectivity index (χ0n) is 17.7. The Kier molecular flexibility index (Phi) is 3.90. The number of rotatable bonds is 2. The molecular formula is C24H24FN5O. The highest BCUT2D eigenvalue weighted by Gasteiger charge is 2.46. The molecule has 0 radical (unpaired) electrons. The zero-order valence-corrected chi connectivity index (χ0v) is 17.7. The average Bonchev–Trinajstić information content (AvgIpc) is 3.35. The van der Waals surface area contributed by atoms with E-state index in [2.05, 4.69) is 15.4 Å². The van der Waals surface area contributed by atoms with E-state index >= 15 is 4.39 Å². The van der Waals surface area contributed by atoms with Crippen molar-refractivity contribution in [2.45, 2.75) is 44.2 Å². The number of nitrogens with one attached hydrogen (secondary N) is 1. The third-order valence-electron chi connectivity index (χ3n) is 6.91. The fraction of sp³-hybridized carbons (Fsp3) is 0.375. The minimum atomic E-state index is -0.493. The van der Waals surface area contributed by atoms with Gasteiger partial charge in [-0.3, -0.25) is 9.48 Å². The molecule has 6 nitrogen and oxygen atoms in total. The van der Waals surface area contributed by atoms with Gasteiger partial charge in [0.25, 0.3) is 5.56 Å². The standard InChI is InChI=1S/C24H24FN5O/c1-14-9-19(27-20-13-29(2)28-22(14)20)16-10-15-4-8-30(23(31)21(15)18(25)11-16)17-3-7-26-24(12-17)5-6-24/h4,8-11,13,17,26H,3,5-7,12H2,1-2H3. The van der Waals surface area contributed by atoms with Crippen molar-refractivity contribution >= 4 is 21.8 Å². The molecule has 1 aliphatic carbocycles. The van der Waals surface area contributed by atoms with E-state index in [9.17, 15) is 4.79 Å². The second kappa shape index (κ2) is 6.47. The van der Waals surface area contributed by atoms with E-state index in [1.807, 2.05) is 44.6 Å². The van der Waals surface area contributed by atoms with E-state index in [1.54, 1.807) is 9.25 Å². The van der Waals surface area contributed by atoms with E-state index in [-0.39, 0.29) is 22.5 Å². The number of halogens is 1. The van der Waals surface area contributed by atoms with Crippen LogP contribution in [0.2, 0.25) is 0 Å². The predicted molar refractivity (Wildman–Crippen MR) is 119 cm³/mol. The number of piperidine rings is 1. The van der Waals surface area contributed by atoms with E-state index in [0.29, 0.717) is 16.6 Å². The van der Waals surface area contributed by atoms with Crippen molar-refractivity contribution in [3.8, 4) is 11.3 Å². The zero-order chi connectivity index (χ0) is 21.3. The molecule has 1 N–H and O–H groups in total. The fourth-order valence-electron chi connectivity index (χ4n) is 5.10. The van der Waals surface area contributed by atoms with Crippen LogP contribution in [-0.4, -0.2) is 31.4 Å². The van der Waals surface area contributed by atoms with Crippen LogP contribution < -0.4 is 10.9 Å². The van der Waals surface area contributed by atoms with Gasteiger partial charge < -0.3 is 9.88 Å². The minimum absolute atomic E-state index is 0.122. The molecule has 1 unspecified atom stereocenters. The average molecular weight is 417 g/mol. The van der Waals surface area contributed by atoms with Gasteiger partial charge in [0.15, 0.2) is 0 Å². The first-order chi connectivity index (χ1) is 14.9. The van der Waals surface area contributed by atoms with Crippen LogP contribution in [-0.2, 0) is 7.05 Å². The van der Waals surface area contributed by atoms with Crippen LogP contribution in [0.1, 0.15) is 37.3 Å². The number of pyridine rings is 2. The summed E-state index contributed by atoms with van der Waals surface area (Å²) in [6, 6.07) is 7.20. The Balaban J connectivity index is 1.45. The first-order valence-electron chi connectivity index (χ1n) is 10.8. The largest absolute Gasteiger partial charge is 0.312 e. The monoisotopic (exact) mass is 417 g/mol. The van der Waals surface area contributed by atoms with Crippen molar-refractivity contribution in [2.24, 2.45) is 7.05 Å². The molecule has 6 rings (SSSR count). The molecule has 31 heavy (non-hydrogen) atoms. The Labute approximate surface area is 178 Å². The highest BCUT2D eigenvalue weighted by molar-refractivity contribution is 5.88. The third kappa shape index (κ3) is 2.98. The summed E-state index contributed by atoms with van der Waals surface area (Å²) < 4.78 is 18.7. The molecule has 2 fully saturated rings. The summed E-state index contributed by atoms with van der Waals surface area (Å²) in [7, 11) is 1.86. The molecule has 1 saturated heterocycles. The van der Waals surface area contributed by atoms with Crippen molar-refractivity contribution in [1.82, 2.24) is 24.6 Å². The van der Waals surface area contributed by atoms with Crippen LogP contribution in [0.4, 0.5) is 4.39 Å². The van der Waals surface area contributed by atoms with Gasteiger partial charge >= 0.3 is 0 Å². The SMILES string of the molecule is Cc1cc(-c2cc(F)c3c(=O)n(C4CCNC5(CC5)C4)ccc3c2)nc2cn(C)nc12. The number of aryl methyl sites for hydroxylation is 2. The maximum Gasteiger partial charge on any atom is 0.261 e. The van der Waals surface area contributed by atoms with Gasteiger partial charge in [0, 0.05) is 30.4 Å². The van der Waals surface area contributed by atoms with Crippen LogP contribution in [0, 0.1) is 12.7 Å². The quantitative estimate of drug-likeness (QED) is 0.538. The second-order valence-electron chi connectivity index (χ2n) is 9.17. The molecule has 4 aromatic rings. The van der Waals surface area contributed by atoms with Crippen molar-refractivity contribution in [1.29, 1.82) is 0 Å².